The minimum atomic E-state index is -1.84. The number of nitrogens with two attached hydrogens (primary N) is 1. The molecule has 0 heterocycles. The van der Waals surface area contributed by atoms with Gasteiger partial charge in [-0.15, -0.1) is 0 Å². The molecular weight excluding hydrogens is 242 g/mol. The van der Waals surface area contributed by atoms with E-state index in [0.717, 1.165) is 22.0 Å². The summed E-state index contributed by atoms with van der Waals surface area (Å²) in [5, 5.41) is 1.11. The summed E-state index contributed by atoms with van der Waals surface area (Å²) in [6, 6.07) is 15.9. The van der Waals surface area contributed by atoms with E-state index in [-0.39, 0.29) is 0 Å². The molecule has 2 N–H and O–H groups in total. The lowest BCUT2D eigenvalue weighted by Crippen LogP contribution is -2.36. The van der Waals surface area contributed by atoms with Crippen LogP contribution in [0.25, 0.3) is 11.1 Å². The van der Waals surface area contributed by atoms with Gasteiger partial charge in [0.15, 0.2) is 0 Å². The van der Waals surface area contributed by atoms with E-state index in [9.17, 15) is 0 Å². The summed E-state index contributed by atoms with van der Waals surface area (Å²) < 4.78 is 10.9. The first-order valence-electron chi connectivity index (χ1n) is 5.77. The molecule has 0 spiro atoms. The van der Waals surface area contributed by atoms with Crippen LogP contribution in [0.5, 0.6) is 0 Å². The van der Waals surface area contributed by atoms with Crippen molar-refractivity contribution in [1.82, 2.24) is 0 Å². The third-order valence-electron chi connectivity index (χ3n) is 2.89. The van der Waals surface area contributed by atoms with Gasteiger partial charge in [0.2, 0.25) is 0 Å². The van der Waals surface area contributed by atoms with Crippen LogP contribution in [0.1, 0.15) is 0 Å². The van der Waals surface area contributed by atoms with Gasteiger partial charge in [0, 0.05) is 25.5 Å². The molecule has 0 unspecified atom stereocenters. The topological polar surface area (TPSA) is 44.5 Å². The van der Waals surface area contributed by atoms with Crippen molar-refractivity contribution in [2.45, 2.75) is 0 Å². The maximum atomic E-state index is 6.04. The van der Waals surface area contributed by atoms with Crippen molar-refractivity contribution in [2.24, 2.45) is 0 Å². The highest BCUT2D eigenvalue weighted by atomic mass is 28.3. The predicted molar refractivity (Wildman–Crippen MR) is 77.1 cm³/mol. The Balaban J connectivity index is 2.55. The Labute approximate surface area is 109 Å². The van der Waals surface area contributed by atoms with Gasteiger partial charge in [0.05, 0.1) is 0 Å². The lowest BCUT2D eigenvalue weighted by molar-refractivity contribution is 0.292. The maximum absolute atomic E-state index is 6.04. The number of benzene rings is 2. The molecule has 0 aromatic heterocycles. The van der Waals surface area contributed by atoms with Gasteiger partial charge in [-0.1, -0.05) is 42.5 Å². The molecule has 3 nitrogen and oxygen atoms in total. The quantitative estimate of drug-likeness (QED) is 0.671. The minimum absolute atomic E-state index is 0.768. The van der Waals surface area contributed by atoms with Crippen LogP contribution in [-0.4, -0.2) is 23.5 Å². The Morgan fingerprint density at radius 1 is 0.833 bits per heavy atom. The van der Waals surface area contributed by atoms with Crippen molar-refractivity contribution in [3.05, 3.63) is 48.5 Å². The van der Waals surface area contributed by atoms with E-state index in [0.29, 0.717) is 0 Å². The highest BCUT2D eigenvalue weighted by Crippen LogP contribution is 2.24. The molecule has 0 aliphatic carbocycles. The van der Waals surface area contributed by atoms with Gasteiger partial charge in [-0.2, -0.15) is 0 Å². The first-order valence-corrected chi connectivity index (χ1v) is 7.29. The van der Waals surface area contributed by atoms with Crippen molar-refractivity contribution < 1.29 is 8.85 Å². The smallest absolute Gasteiger partial charge is 0.355 e. The molecule has 2 aromatic rings. The van der Waals surface area contributed by atoms with Gasteiger partial charge in [-0.05, 0) is 16.8 Å². The molecule has 0 radical (unpaired) electrons. The summed E-state index contributed by atoms with van der Waals surface area (Å²) >= 11 is 0. The summed E-state index contributed by atoms with van der Waals surface area (Å²) in [6.45, 7) is 0. The van der Waals surface area contributed by atoms with Crippen molar-refractivity contribution >= 4 is 20.2 Å². The normalized spacial score (nSPS) is 10.8. The molecule has 0 bridgehead atoms. The van der Waals surface area contributed by atoms with Gasteiger partial charge in [-0.25, -0.2) is 0 Å². The molecule has 4 heteroatoms. The largest absolute Gasteiger partial charge is 0.398 e. The van der Waals surface area contributed by atoms with Crippen LogP contribution in [0.2, 0.25) is 0 Å². The van der Waals surface area contributed by atoms with Crippen LogP contribution in [0.3, 0.4) is 0 Å². The van der Waals surface area contributed by atoms with Gasteiger partial charge < -0.3 is 14.6 Å². The van der Waals surface area contributed by atoms with Crippen molar-refractivity contribution in [3.63, 3.8) is 0 Å². The zero-order valence-electron chi connectivity index (χ0n) is 10.6. The molecule has 0 fully saturated rings. The Kier molecular flexibility index (Phi) is 4.14. The number of nitrogen functional groups attached to an aromatic ring is 1. The summed E-state index contributed by atoms with van der Waals surface area (Å²) in [6.07, 6.45) is 0. The van der Waals surface area contributed by atoms with E-state index in [1.165, 1.54) is 0 Å². The third kappa shape index (κ3) is 2.45. The number of anilines is 1. The molecule has 94 valence electrons. The highest BCUT2D eigenvalue weighted by Gasteiger charge is 2.18. The fourth-order valence-electron chi connectivity index (χ4n) is 2.04. The SMILES string of the molecule is CO[SiH](OC)c1ccccc1-c1ccccc1N. The molecule has 0 saturated heterocycles. The minimum Gasteiger partial charge on any atom is -0.398 e. The summed E-state index contributed by atoms with van der Waals surface area (Å²) in [5.74, 6) is 0. The van der Waals surface area contributed by atoms with Crippen molar-refractivity contribution in [1.29, 1.82) is 0 Å². The monoisotopic (exact) mass is 259 g/mol. The maximum Gasteiger partial charge on any atom is 0.355 e. The van der Waals surface area contributed by atoms with Gasteiger partial charge in [0.1, 0.15) is 0 Å². The Hall–Kier alpha value is -1.62. The first-order chi connectivity index (χ1) is 8.77. The van der Waals surface area contributed by atoms with Crippen LogP contribution in [-0.2, 0) is 8.85 Å². The zero-order valence-corrected chi connectivity index (χ0v) is 11.7. The molecule has 2 rings (SSSR count). The van der Waals surface area contributed by atoms with Gasteiger partial charge in [0.25, 0.3) is 0 Å². The molecule has 0 amide bonds. The second-order valence-electron chi connectivity index (χ2n) is 3.98. The van der Waals surface area contributed by atoms with E-state index in [1.807, 2.05) is 42.5 Å². The lowest BCUT2D eigenvalue weighted by atomic mass is 10.0. The highest BCUT2D eigenvalue weighted by molar-refractivity contribution is 6.63. The van der Waals surface area contributed by atoms with Crippen LogP contribution < -0.4 is 10.9 Å². The van der Waals surface area contributed by atoms with Crippen LogP contribution in [0, 0.1) is 0 Å². The van der Waals surface area contributed by atoms with Crippen LogP contribution in [0.4, 0.5) is 5.69 Å². The van der Waals surface area contributed by atoms with Gasteiger partial charge >= 0.3 is 9.28 Å². The van der Waals surface area contributed by atoms with Gasteiger partial charge in [-0.3, -0.25) is 0 Å². The Morgan fingerprint density at radius 2 is 1.39 bits per heavy atom. The zero-order chi connectivity index (χ0) is 13.0. The number of para-hydroxylation sites is 1. The molecule has 0 aliphatic heterocycles. The average Bonchev–Trinajstić information content (AvgIpc) is 2.41. The summed E-state index contributed by atoms with van der Waals surface area (Å²) in [7, 11) is 1.54. The standard InChI is InChI=1S/C14H17NO2Si/c1-16-18(17-2)14-10-6-4-8-12(14)11-7-3-5-9-13(11)15/h3-10,18H,15H2,1-2H3. The lowest BCUT2D eigenvalue weighted by Gasteiger charge is -2.16. The molecule has 2 aromatic carbocycles. The number of hydrogen-bond acceptors (Lipinski definition) is 3. The first kappa shape index (κ1) is 12.8. The van der Waals surface area contributed by atoms with Crippen LogP contribution >= 0.6 is 0 Å². The average molecular weight is 259 g/mol. The molecule has 0 saturated carbocycles. The number of hydrogen-bond donors (Lipinski definition) is 1. The Morgan fingerprint density at radius 3 is 2.00 bits per heavy atom. The van der Waals surface area contributed by atoms with Crippen molar-refractivity contribution in [2.75, 3.05) is 20.0 Å². The Bertz CT molecular complexity index is 527. The fourth-order valence-corrected chi connectivity index (χ4v) is 3.51. The second-order valence-corrected chi connectivity index (χ2v) is 6.21. The van der Waals surface area contributed by atoms with Crippen LogP contribution in [0.15, 0.2) is 48.5 Å². The van der Waals surface area contributed by atoms with Crippen molar-refractivity contribution in [3.8, 4) is 11.1 Å². The molecular formula is C14H17NO2Si. The molecule has 0 aliphatic rings. The van der Waals surface area contributed by atoms with E-state index in [4.69, 9.17) is 14.6 Å². The second kappa shape index (κ2) is 5.82. The van der Waals surface area contributed by atoms with E-state index >= 15 is 0 Å². The predicted octanol–water partition coefficient (Wildman–Crippen LogP) is 1.66. The van der Waals surface area contributed by atoms with E-state index in [1.54, 1.807) is 14.2 Å². The fraction of sp³-hybridized carbons (Fsp3) is 0.143. The molecule has 18 heavy (non-hydrogen) atoms. The summed E-state index contributed by atoms with van der Waals surface area (Å²) in [5.41, 5.74) is 8.93. The number of rotatable bonds is 4. The van der Waals surface area contributed by atoms with E-state index in [2.05, 4.69) is 6.07 Å². The summed E-state index contributed by atoms with van der Waals surface area (Å²) in [4.78, 5) is 0. The van der Waals surface area contributed by atoms with E-state index < -0.39 is 9.28 Å². The third-order valence-corrected chi connectivity index (χ3v) is 4.76. The molecule has 0 atom stereocenters.